The lowest BCUT2D eigenvalue weighted by atomic mass is 10.0. The summed E-state index contributed by atoms with van der Waals surface area (Å²) >= 11 is 1.19. The third-order valence-corrected chi connectivity index (χ3v) is 8.69. The van der Waals surface area contributed by atoms with E-state index in [1.807, 2.05) is 42.5 Å². The Labute approximate surface area is 181 Å². The number of hydrogen-bond donors (Lipinski definition) is 0. The summed E-state index contributed by atoms with van der Waals surface area (Å²) in [7, 11) is -1.89. The van der Waals surface area contributed by atoms with Gasteiger partial charge in [0, 0.05) is 20.1 Å². The van der Waals surface area contributed by atoms with E-state index >= 15 is 0 Å². The van der Waals surface area contributed by atoms with Gasteiger partial charge in [0.2, 0.25) is 5.91 Å². The van der Waals surface area contributed by atoms with Crippen LogP contribution in [0.1, 0.15) is 18.4 Å². The van der Waals surface area contributed by atoms with E-state index in [0.29, 0.717) is 30.1 Å². The first-order chi connectivity index (χ1) is 14.5. The van der Waals surface area contributed by atoms with Crippen molar-refractivity contribution < 1.29 is 13.2 Å². The van der Waals surface area contributed by atoms with Crippen LogP contribution in [0.25, 0.3) is 11.1 Å². The summed E-state index contributed by atoms with van der Waals surface area (Å²) in [5.41, 5.74) is 3.28. The highest BCUT2D eigenvalue weighted by Gasteiger charge is 2.40. The molecule has 30 heavy (non-hydrogen) atoms. The molecule has 0 bridgehead atoms. The maximum atomic E-state index is 13.1. The van der Waals surface area contributed by atoms with Crippen LogP contribution in [-0.2, 0) is 21.4 Å². The molecule has 1 atom stereocenters. The van der Waals surface area contributed by atoms with Crippen LogP contribution in [0.3, 0.4) is 0 Å². The molecule has 2 aromatic carbocycles. The van der Waals surface area contributed by atoms with Gasteiger partial charge in [-0.3, -0.25) is 4.79 Å². The van der Waals surface area contributed by atoms with Gasteiger partial charge in [-0.25, -0.2) is 8.42 Å². The number of hydrogen-bond acceptors (Lipinski definition) is 4. The van der Waals surface area contributed by atoms with Gasteiger partial charge in [-0.15, -0.1) is 11.3 Å². The van der Waals surface area contributed by atoms with Crippen LogP contribution in [0.2, 0.25) is 0 Å². The zero-order chi connectivity index (χ0) is 21.1. The van der Waals surface area contributed by atoms with Crippen molar-refractivity contribution in [3.63, 3.8) is 0 Å². The van der Waals surface area contributed by atoms with E-state index in [-0.39, 0.29) is 5.91 Å². The molecule has 7 heteroatoms. The van der Waals surface area contributed by atoms with Gasteiger partial charge in [0.1, 0.15) is 10.3 Å². The number of carbonyl (C=O) groups is 1. The first-order valence-corrected chi connectivity index (χ1v) is 12.2. The van der Waals surface area contributed by atoms with Crippen molar-refractivity contribution in [2.45, 2.75) is 29.6 Å². The van der Waals surface area contributed by atoms with Crippen molar-refractivity contribution >= 4 is 27.3 Å². The van der Waals surface area contributed by atoms with E-state index in [2.05, 4.69) is 12.1 Å². The van der Waals surface area contributed by atoms with E-state index < -0.39 is 16.1 Å². The number of benzene rings is 2. The Morgan fingerprint density at radius 3 is 2.40 bits per heavy atom. The number of amides is 1. The fraction of sp³-hybridized carbons (Fsp3) is 0.261. The van der Waals surface area contributed by atoms with Crippen LogP contribution in [0.5, 0.6) is 0 Å². The van der Waals surface area contributed by atoms with Gasteiger partial charge < -0.3 is 4.90 Å². The van der Waals surface area contributed by atoms with Crippen molar-refractivity contribution in [2.75, 3.05) is 13.6 Å². The lowest BCUT2D eigenvalue weighted by Gasteiger charge is -2.27. The molecule has 1 saturated heterocycles. The molecular formula is C23H24N2O3S2. The smallest absolute Gasteiger partial charge is 0.253 e. The Balaban J connectivity index is 1.45. The summed E-state index contributed by atoms with van der Waals surface area (Å²) < 4.78 is 27.5. The number of nitrogens with zero attached hydrogens (tertiary/aromatic N) is 2. The van der Waals surface area contributed by atoms with Crippen LogP contribution in [0.4, 0.5) is 0 Å². The molecule has 0 saturated carbocycles. The summed E-state index contributed by atoms with van der Waals surface area (Å²) in [6, 6.07) is 20.9. The minimum atomic E-state index is -3.63. The SMILES string of the molecule is CN(Cc1ccc(-c2ccccc2)cc1)C(=O)C1CCCN1S(=O)(=O)c1cccs1. The molecule has 3 aromatic rings. The molecule has 4 rings (SSSR count). The Morgan fingerprint density at radius 1 is 1.03 bits per heavy atom. The Kier molecular flexibility index (Phi) is 6.04. The Hall–Kier alpha value is -2.48. The molecule has 1 unspecified atom stereocenters. The average molecular weight is 441 g/mol. The average Bonchev–Trinajstić information content (AvgIpc) is 3.47. The zero-order valence-corrected chi connectivity index (χ0v) is 18.4. The van der Waals surface area contributed by atoms with Gasteiger partial charge in [0.05, 0.1) is 0 Å². The number of rotatable bonds is 6. The number of likely N-dealkylation sites (N-methyl/N-ethyl adjacent to an activating group) is 1. The fourth-order valence-corrected chi connectivity index (χ4v) is 6.61. The van der Waals surface area contributed by atoms with Gasteiger partial charge in [-0.05, 0) is 41.0 Å². The molecule has 1 aromatic heterocycles. The molecule has 1 aliphatic heterocycles. The first-order valence-electron chi connectivity index (χ1n) is 9.91. The molecule has 5 nitrogen and oxygen atoms in total. The normalized spacial score (nSPS) is 17.2. The Bertz CT molecular complexity index is 1100. The van der Waals surface area contributed by atoms with Crippen molar-refractivity contribution in [3.05, 3.63) is 77.7 Å². The van der Waals surface area contributed by atoms with Crippen LogP contribution < -0.4 is 0 Å². The van der Waals surface area contributed by atoms with Gasteiger partial charge in [0.15, 0.2) is 0 Å². The van der Waals surface area contributed by atoms with E-state index in [4.69, 9.17) is 0 Å². The third-order valence-electron chi connectivity index (χ3n) is 5.40. The molecule has 1 aliphatic rings. The monoisotopic (exact) mass is 440 g/mol. The highest BCUT2D eigenvalue weighted by molar-refractivity contribution is 7.91. The molecule has 156 valence electrons. The van der Waals surface area contributed by atoms with Crippen LogP contribution in [-0.4, -0.2) is 43.2 Å². The topological polar surface area (TPSA) is 57.7 Å². The maximum absolute atomic E-state index is 13.1. The molecule has 0 N–H and O–H groups in total. The second-order valence-electron chi connectivity index (χ2n) is 7.46. The largest absolute Gasteiger partial charge is 0.340 e. The van der Waals surface area contributed by atoms with Crippen LogP contribution in [0.15, 0.2) is 76.3 Å². The number of sulfonamides is 1. The van der Waals surface area contributed by atoms with Crippen molar-refractivity contribution in [1.29, 1.82) is 0 Å². The van der Waals surface area contributed by atoms with Gasteiger partial charge >= 0.3 is 0 Å². The molecule has 0 radical (unpaired) electrons. The number of thiophene rings is 1. The minimum absolute atomic E-state index is 0.153. The summed E-state index contributed by atoms with van der Waals surface area (Å²) in [4.78, 5) is 14.7. The zero-order valence-electron chi connectivity index (χ0n) is 16.8. The predicted molar refractivity (Wildman–Crippen MR) is 120 cm³/mol. The predicted octanol–water partition coefficient (Wildman–Crippen LogP) is 4.23. The lowest BCUT2D eigenvalue weighted by Crippen LogP contribution is -2.46. The van der Waals surface area contributed by atoms with Crippen molar-refractivity contribution in [3.8, 4) is 11.1 Å². The fourth-order valence-electron chi connectivity index (χ4n) is 3.84. The summed E-state index contributed by atoms with van der Waals surface area (Å²) in [6.45, 7) is 0.827. The minimum Gasteiger partial charge on any atom is -0.340 e. The van der Waals surface area contributed by atoms with E-state index in [0.717, 1.165) is 16.7 Å². The van der Waals surface area contributed by atoms with Gasteiger partial charge in [0.25, 0.3) is 10.0 Å². The standard InChI is InChI=1S/C23H24N2O3S2/c1-24(17-18-11-13-20(14-12-18)19-7-3-2-4-8-19)23(26)21-9-5-15-25(21)30(27,28)22-10-6-16-29-22/h2-4,6-8,10-14,16,21H,5,9,15,17H2,1H3. The molecule has 2 heterocycles. The summed E-state index contributed by atoms with van der Waals surface area (Å²) in [6.07, 6.45) is 1.25. The van der Waals surface area contributed by atoms with Gasteiger partial charge in [-0.1, -0.05) is 60.7 Å². The first kappa shape index (κ1) is 20.8. The highest BCUT2D eigenvalue weighted by Crippen LogP contribution is 2.29. The second kappa shape index (κ2) is 8.71. The molecular weight excluding hydrogens is 416 g/mol. The Morgan fingerprint density at radius 2 is 1.73 bits per heavy atom. The van der Waals surface area contributed by atoms with Crippen LogP contribution in [0, 0.1) is 0 Å². The highest BCUT2D eigenvalue weighted by atomic mass is 32.2. The molecule has 0 aliphatic carbocycles. The lowest BCUT2D eigenvalue weighted by molar-refractivity contribution is -0.133. The van der Waals surface area contributed by atoms with Crippen LogP contribution >= 0.6 is 11.3 Å². The van der Waals surface area contributed by atoms with E-state index in [1.54, 1.807) is 29.5 Å². The van der Waals surface area contributed by atoms with Crippen molar-refractivity contribution in [2.24, 2.45) is 0 Å². The van der Waals surface area contributed by atoms with E-state index in [1.165, 1.54) is 15.6 Å². The summed E-state index contributed by atoms with van der Waals surface area (Å²) in [5, 5.41) is 1.74. The molecule has 1 amide bonds. The van der Waals surface area contributed by atoms with Crippen molar-refractivity contribution in [1.82, 2.24) is 9.21 Å². The third kappa shape index (κ3) is 4.19. The quantitative estimate of drug-likeness (QED) is 0.576. The second-order valence-corrected chi connectivity index (χ2v) is 10.5. The van der Waals surface area contributed by atoms with Gasteiger partial charge in [-0.2, -0.15) is 4.31 Å². The molecule has 1 fully saturated rings. The summed E-state index contributed by atoms with van der Waals surface area (Å²) in [5.74, 6) is -0.153. The van der Waals surface area contributed by atoms with E-state index in [9.17, 15) is 13.2 Å². The molecule has 0 spiro atoms. The maximum Gasteiger partial charge on any atom is 0.253 e. The number of carbonyl (C=O) groups excluding carboxylic acids is 1.